The zero-order valence-electron chi connectivity index (χ0n) is 11.8. The smallest absolute Gasteiger partial charge is 0.328 e. The number of nitrogen functional groups attached to an aromatic ring is 1. The molecule has 0 aliphatic heterocycles. The van der Waals surface area contributed by atoms with E-state index in [4.69, 9.17) is 25.1 Å². The summed E-state index contributed by atoms with van der Waals surface area (Å²) in [4.78, 5) is 10.9. The lowest BCUT2D eigenvalue weighted by Gasteiger charge is -2.14. The van der Waals surface area contributed by atoms with Crippen molar-refractivity contribution in [1.82, 2.24) is 0 Å². The summed E-state index contributed by atoms with van der Waals surface area (Å²) in [5, 5.41) is 8.93. The van der Waals surface area contributed by atoms with Crippen LogP contribution in [0, 0.1) is 0 Å². The molecule has 1 aromatic carbocycles. The molecular formula is C14H19NO5. The molecule has 0 unspecified atom stereocenters. The Morgan fingerprint density at radius 3 is 2.25 bits per heavy atom. The maximum absolute atomic E-state index is 10.9. The minimum absolute atomic E-state index is 0.180. The lowest BCUT2D eigenvalue weighted by Crippen LogP contribution is -2.03. The molecule has 0 spiro atoms. The summed E-state index contributed by atoms with van der Waals surface area (Å²) < 4.78 is 15.6. The SMILES string of the molecule is CCOCC(=CC(=O)O)c1cc(OC)c(N)c(OC)c1. The van der Waals surface area contributed by atoms with Crippen LogP contribution in [0.5, 0.6) is 11.5 Å². The number of benzene rings is 1. The molecule has 0 bridgehead atoms. The van der Waals surface area contributed by atoms with Crippen molar-refractivity contribution in [3.63, 3.8) is 0 Å². The van der Waals surface area contributed by atoms with Crippen LogP contribution in [-0.4, -0.2) is 38.5 Å². The highest BCUT2D eigenvalue weighted by molar-refractivity contribution is 5.91. The quantitative estimate of drug-likeness (QED) is 0.585. The number of carbonyl (C=O) groups is 1. The van der Waals surface area contributed by atoms with Crippen LogP contribution in [0.25, 0.3) is 5.57 Å². The molecule has 0 fully saturated rings. The Kier molecular flexibility index (Phi) is 5.86. The van der Waals surface area contributed by atoms with Gasteiger partial charge in [-0.1, -0.05) is 0 Å². The second-order valence-electron chi connectivity index (χ2n) is 3.94. The minimum atomic E-state index is -1.05. The Morgan fingerprint density at radius 2 is 1.85 bits per heavy atom. The molecule has 6 heteroatoms. The van der Waals surface area contributed by atoms with Gasteiger partial charge in [0.05, 0.1) is 20.8 Å². The molecule has 0 saturated carbocycles. The number of hydrogen-bond donors (Lipinski definition) is 2. The Bertz CT molecular complexity index is 485. The third-order valence-corrected chi connectivity index (χ3v) is 2.67. The van der Waals surface area contributed by atoms with Gasteiger partial charge in [0, 0.05) is 12.7 Å². The second kappa shape index (κ2) is 7.40. The highest BCUT2D eigenvalue weighted by Gasteiger charge is 2.13. The van der Waals surface area contributed by atoms with E-state index in [0.29, 0.717) is 34.9 Å². The molecule has 1 rings (SSSR count). The summed E-state index contributed by atoms with van der Waals surface area (Å²) >= 11 is 0. The van der Waals surface area contributed by atoms with Gasteiger partial charge in [-0.25, -0.2) is 4.79 Å². The molecule has 3 N–H and O–H groups in total. The zero-order valence-corrected chi connectivity index (χ0v) is 11.8. The normalized spacial score (nSPS) is 11.2. The first-order valence-corrected chi connectivity index (χ1v) is 6.06. The summed E-state index contributed by atoms with van der Waals surface area (Å²) in [6, 6.07) is 3.32. The number of methoxy groups -OCH3 is 2. The lowest BCUT2D eigenvalue weighted by atomic mass is 10.0. The van der Waals surface area contributed by atoms with Crippen LogP contribution in [0.1, 0.15) is 12.5 Å². The summed E-state index contributed by atoms with van der Waals surface area (Å²) in [6.45, 7) is 2.50. The van der Waals surface area contributed by atoms with Gasteiger partial charge in [0.25, 0.3) is 0 Å². The zero-order chi connectivity index (χ0) is 15.1. The first kappa shape index (κ1) is 15.8. The van der Waals surface area contributed by atoms with E-state index in [1.165, 1.54) is 14.2 Å². The van der Waals surface area contributed by atoms with Gasteiger partial charge in [0.15, 0.2) is 0 Å². The molecule has 20 heavy (non-hydrogen) atoms. The van der Waals surface area contributed by atoms with Crippen molar-refractivity contribution in [2.45, 2.75) is 6.92 Å². The molecule has 0 aromatic heterocycles. The number of carboxylic acid groups (broad SMARTS) is 1. The molecule has 110 valence electrons. The summed E-state index contributed by atoms with van der Waals surface area (Å²) in [5.41, 5.74) is 7.36. The van der Waals surface area contributed by atoms with Gasteiger partial charge in [-0.05, 0) is 30.2 Å². The molecule has 0 aliphatic carbocycles. The van der Waals surface area contributed by atoms with Crippen molar-refractivity contribution in [3.05, 3.63) is 23.8 Å². The molecule has 0 aliphatic rings. The van der Waals surface area contributed by atoms with Gasteiger partial charge in [0.1, 0.15) is 17.2 Å². The topological polar surface area (TPSA) is 91.0 Å². The van der Waals surface area contributed by atoms with Gasteiger partial charge in [0.2, 0.25) is 0 Å². The largest absolute Gasteiger partial charge is 0.494 e. The Hall–Kier alpha value is -2.21. The summed E-state index contributed by atoms with van der Waals surface area (Å²) in [6.07, 6.45) is 1.10. The van der Waals surface area contributed by atoms with Gasteiger partial charge in [-0.3, -0.25) is 0 Å². The third-order valence-electron chi connectivity index (χ3n) is 2.67. The fourth-order valence-electron chi connectivity index (χ4n) is 1.69. The number of hydrogen-bond acceptors (Lipinski definition) is 5. The number of ether oxygens (including phenoxy) is 3. The Balaban J connectivity index is 3.29. The van der Waals surface area contributed by atoms with Crippen molar-refractivity contribution < 1.29 is 24.1 Å². The van der Waals surface area contributed by atoms with Crippen molar-refractivity contribution in [2.75, 3.05) is 33.2 Å². The van der Waals surface area contributed by atoms with Crippen LogP contribution in [0.15, 0.2) is 18.2 Å². The molecule has 0 heterocycles. The molecule has 6 nitrogen and oxygen atoms in total. The van der Waals surface area contributed by atoms with Gasteiger partial charge in [-0.15, -0.1) is 0 Å². The van der Waals surface area contributed by atoms with E-state index < -0.39 is 5.97 Å². The van der Waals surface area contributed by atoms with Crippen LogP contribution in [0.4, 0.5) is 5.69 Å². The maximum atomic E-state index is 10.9. The highest BCUT2D eigenvalue weighted by Crippen LogP contribution is 2.35. The molecule has 1 aromatic rings. The van der Waals surface area contributed by atoms with Crippen molar-refractivity contribution >= 4 is 17.2 Å². The van der Waals surface area contributed by atoms with Crippen molar-refractivity contribution in [3.8, 4) is 11.5 Å². The Morgan fingerprint density at radius 1 is 1.30 bits per heavy atom. The molecule has 0 amide bonds. The van der Waals surface area contributed by atoms with Crippen LogP contribution in [0.2, 0.25) is 0 Å². The number of carboxylic acids is 1. The first-order chi connectivity index (χ1) is 9.53. The molecule has 0 saturated heterocycles. The first-order valence-electron chi connectivity index (χ1n) is 6.06. The maximum Gasteiger partial charge on any atom is 0.328 e. The van der Waals surface area contributed by atoms with E-state index in [0.717, 1.165) is 6.08 Å². The fourth-order valence-corrected chi connectivity index (χ4v) is 1.69. The van der Waals surface area contributed by atoms with E-state index in [1.807, 2.05) is 6.92 Å². The summed E-state index contributed by atoms with van der Waals surface area (Å²) in [7, 11) is 2.97. The molecule has 0 atom stereocenters. The van der Waals surface area contributed by atoms with E-state index in [1.54, 1.807) is 12.1 Å². The fraction of sp³-hybridized carbons (Fsp3) is 0.357. The standard InChI is InChI=1S/C14H19NO5/c1-4-20-8-10(7-13(16)17)9-5-11(18-2)14(15)12(6-9)19-3/h5-7H,4,8,15H2,1-3H3,(H,16,17). The van der Waals surface area contributed by atoms with Crippen molar-refractivity contribution in [2.24, 2.45) is 0 Å². The lowest BCUT2D eigenvalue weighted by molar-refractivity contribution is -0.131. The van der Waals surface area contributed by atoms with Crippen LogP contribution >= 0.6 is 0 Å². The predicted molar refractivity (Wildman–Crippen MR) is 76.1 cm³/mol. The number of anilines is 1. The number of rotatable bonds is 7. The van der Waals surface area contributed by atoms with Gasteiger partial charge in [-0.2, -0.15) is 0 Å². The Labute approximate surface area is 117 Å². The average Bonchev–Trinajstić information content (AvgIpc) is 2.43. The van der Waals surface area contributed by atoms with Gasteiger partial charge < -0.3 is 25.1 Å². The minimum Gasteiger partial charge on any atom is -0.494 e. The predicted octanol–water partition coefficient (Wildman–Crippen LogP) is 1.79. The highest BCUT2D eigenvalue weighted by atomic mass is 16.5. The third kappa shape index (κ3) is 3.89. The summed E-state index contributed by atoms with van der Waals surface area (Å²) in [5.74, 6) is -0.200. The van der Waals surface area contributed by atoms with Crippen LogP contribution < -0.4 is 15.2 Å². The van der Waals surface area contributed by atoms with E-state index in [9.17, 15) is 4.79 Å². The van der Waals surface area contributed by atoms with Gasteiger partial charge >= 0.3 is 5.97 Å². The monoisotopic (exact) mass is 281 g/mol. The molecule has 0 radical (unpaired) electrons. The second-order valence-corrected chi connectivity index (χ2v) is 3.94. The number of aliphatic carboxylic acids is 1. The average molecular weight is 281 g/mol. The molecular weight excluding hydrogens is 262 g/mol. The van der Waals surface area contributed by atoms with Crippen LogP contribution in [-0.2, 0) is 9.53 Å². The van der Waals surface area contributed by atoms with Crippen LogP contribution in [0.3, 0.4) is 0 Å². The van der Waals surface area contributed by atoms with E-state index in [2.05, 4.69) is 0 Å². The van der Waals surface area contributed by atoms with E-state index in [-0.39, 0.29) is 6.61 Å². The number of nitrogens with two attached hydrogens (primary N) is 1. The van der Waals surface area contributed by atoms with E-state index >= 15 is 0 Å². The van der Waals surface area contributed by atoms with Crippen molar-refractivity contribution in [1.29, 1.82) is 0 Å².